The Bertz CT molecular complexity index is 924. The van der Waals surface area contributed by atoms with Crippen LogP contribution in [0.5, 0.6) is 0 Å². The number of rotatable bonds is 3. The van der Waals surface area contributed by atoms with Gasteiger partial charge in [-0.15, -0.1) is 0 Å². The van der Waals surface area contributed by atoms with Crippen molar-refractivity contribution in [3.8, 4) is 0 Å². The Morgan fingerprint density at radius 3 is 2.48 bits per heavy atom. The summed E-state index contributed by atoms with van der Waals surface area (Å²) < 4.78 is 2.08. The van der Waals surface area contributed by atoms with E-state index < -0.39 is 0 Å². The smallest absolute Gasteiger partial charge is 0.244 e. The lowest BCUT2D eigenvalue weighted by Crippen LogP contribution is -2.33. The van der Waals surface area contributed by atoms with Crippen molar-refractivity contribution in [2.24, 2.45) is 0 Å². The lowest BCUT2D eigenvalue weighted by atomic mass is 10.0. The molecule has 1 heterocycles. The molecule has 0 saturated carbocycles. The summed E-state index contributed by atoms with van der Waals surface area (Å²) >= 11 is 0. The molecule has 0 saturated heterocycles. The molecule has 3 heteroatoms. The number of carbonyl (C=O) groups excluding carboxylic acids is 1. The minimum atomic E-state index is 0.117. The third-order valence-corrected chi connectivity index (χ3v) is 4.27. The van der Waals surface area contributed by atoms with Crippen molar-refractivity contribution < 1.29 is 9.37 Å². The molecule has 0 radical (unpaired) electrons. The predicted octanol–water partition coefficient (Wildman–Crippen LogP) is 3.84. The van der Waals surface area contributed by atoms with Gasteiger partial charge in [0.05, 0.1) is 12.4 Å². The van der Waals surface area contributed by atoms with Gasteiger partial charge in [0, 0.05) is 5.56 Å². The van der Waals surface area contributed by atoms with Crippen LogP contribution in [0.15, 0.2) is 66.7 Å². The van der Waals surface area contributed by atoms with Crippen LogP contribution in [-0.2, 0) is 0 Å². The summed E-state index contributed by atoms with van der Waals surface area (Å²) in [5.74, 6) is 0.117. The van der Waals surface area contributed by atoms with Crippen molar-refractivity contribution in [3.05, 3.63) is 72.3 Å². The minimum absolute atomic E-state index is 0.117. The molecule has 0 N–H and O–H groups in total. The number of anilines is 1. The van der Waals surface area contributed by atoms with Crippen LogP contribution in [0, 0.1) is 0 Å². The zero-order chi connectivity index (χ0) is 15.8. The van der Waals surface area contributed by atoms with E-state index in [4.69, 9.17) is 0 Å². The third-order valence-electron chi connectivity index (χ3n) is 4.27. The predicted molar refractivity (Wildman–Crippen MR) is 94.0 cm³/mol. The molecular formula is C20H17N2O+. The molecular weight excluding hydrogens is 284 g/mol. The van der Waals surface area contributed by atoms with Crippen molar-refractivity contribution in [1.29, 1.82) is 0 Å². The lowest BCUT2D eigenvalue weighted by molar-refractivity contribution is -0.399. The topological polar surface area (TPSA) is 23.3 Å². The van der Waals surface area contributed by atoms with E-state index >= 15 is 0 Å². The molecule has 3 nitrogen and oxygen atoms in total. The number of hydrogen-bond donors (Lipinski definition) is 0. The molecule has 0 aromatic heterocycles. The van der Waals surface area contributed by atoms with Crippen molar-refractivity contribution in [2.75, 3.05) is 18.5 Å². The summed E-state index contributed by atoms with van der Waals surface area (Å²) in [6, 6.07) is 22.0. The fraction of sp³-hybridized carbons (Fsp3) is 0.100. The van der Waals surface area contributed by atoms with E-state index in [0.29, 0.717) is 6.54 Å². The van der Waals surface area contributed by atoms with Gasteiger partial charge in [-0.25, -0.2) is 9.48 Å². The lowest BCUT2D eigenvalue weighted by Gasteiger charge is -2.21. The van der Waals surface area contributed by atoms with Crippen molar-refractivity contribution in [3.63, 3.8) is 0 Å². The van der Waals surface area contributed by atoms with Gasteiger partial charge in [0.1, 0.15) is 11.4 Å². The Kier molecular flexibility index (Phi) is 3.19. The highest BCUT2D eigenvalue weighted by molar-refractivity contribution is 6.09. The van der Waals surface area contributed by atoms with E-state index in [-0.39, 0.29) is 5.78 Å². The Morgan fingerprint density at radius 2 is 1.70 bits per heavy atom. The summed E-state index contributed by atoms with van der Waals surface area (Å²) in [7, 11) is 2.02. The molecule has 0 bridgehead atoms. The second-order valence-electron chi connectivity index (χ2n) is 5.80. The van der Waals surface area contributed by atoms with Gasteiger partial charge >= 0.3 is 0 Å². The van der Waals surface area contributed by atoms with Gasteiger partial charge in [-0.2, -0.15) is 0 Å². The fourth-order valence-electron chi connectivity index (χ4n) is 3.16. The van der Waals surface area contributed by atoms with Gasteiger partial charge in [0.2, 0.25) is 12.1 Å². The van der Waals surface area contributed by atoms with E-state index in [0.717, 1.165) is 11.3 Å². The van der Waals surface area contributed by atoms with E-state index in [1.54, 1.807) is 0 Å². The van der Waals surface area contributed by atoms with Crippen LogP contribution in [0.2, 0.25) is 0 Å². The Morgan fingerprint density at radius 1 is 0.957 bits per heavy atom. The first-order valence-corrected chi connectivity index (χ1v) is 7.68. The van der Waals surface area contributed by atoms with Gasteiger partial charge in [0.15, 0.2) is 6.54 Å². The standard InChI is InChI=1S/C20H17N2O/c1-21-14-22(13-19(23)15-7-3-2-4-8-15)18-12-6-10-16-9-5-11-17(21)20(16)18/h2-12,14H,13H2,1H3/q+1. The summed E-state index contributed by atoms with van der Waals surface area (Å²) in [4.78, 5) is 14.6. The average molecular weight is 301 g/mol. The molecule has 0 aliphatic carbocycles. The van der Waals surface area contributed by atoms with Crippen molar-refractivity contribution in [2.45, 2.75) is 0 Å². The minimum Gasteiger partial charge on any atom is -0.290 e. The third kappa shape index (κ3) is 2.30. The SMILES string of the molecule is C[N+]1=CN(CC(=O)c2ccccc2)c2cccc3cccc1c23. The van der Waals surface area contributed by atoms with Crippen LogP contribution >= 0.6 is 0 Å². The molecule has 1 aliphatic rings. The van der Waals surface area contributed by atoms with Crippen LogP contribution in [0.4, 0.5) is 11.4 Å². The summed E-state index contributed by atoms with van der Waals surface area (Å²) in [6.45, 7) is 0.335. The second kappa shape index (κ2) is 5.36. The summed E-state index contributed by atoms with van der Waals surface area (Å²) in [6.07, 6.45) is 2.00. The molecule has 23 heavy (non-hydrogen) atoms. The van der Waals surface area contributed by atoms with Gasteiger partial charge in [0.25, 0.3) is 0 Å². The molecule has 0 amide bonds. The Balaban J connectivity index is 1.77. The molecule has 0 spiro atoms. The van der Waals surface area contributed by atoms with E-state index in [1.165, 1.54) is 16.5 Å². The quantitative estimate of drug-likeness (QED) is 0.542. The number of carbonyl (C=O) groups is 1. The zero-order valence-electron chi connectivity index (χ0n) is 12.9. The van der Waals surface area contributed by atoms with E-state index in [2.05, 4.69) is 34.9 Å². The first kappa shape index (κ1) is 13.7. The monoisotopic (exact) mass is 301 g/mol. The van der Waals surface area contributed by atoms with Crippen LogP contribution in [0.3, 0.4) is 0 Å². The molecule has 4 rings (SSSR count). The number of Topliss-reactive ketones (excluding diaryl/α,β-unsaturated/α-hetero) is 1. The summed E-state index contributed by atoms with van der Waals surface area (Å²) in [5.41, 5.74) is 3.00. The number of hydrogen-bond acceptors (Lipinski definition) is 2. The number of ketones is 1. The first-order chi connectivity index (χ1) is 11.2. The van der Waals surface area contributed by atoms with E-state index in [1.807, 2.05) is 54.7 Å². The normalized spacial score (nSPS) is 13.1. The van der Waals surface area contributed by atoms with Crippen LogP contribution in [-0.4, -0.2) is 30.3 Å². The first-order valence-electron chi connectivity index (χ1n) is 7.68. The number of nitrogens with zero attached hydrogens (tertiary/aromatic N) is 2. The molecule has 1 aliphatic heterocycles. The molecule has 3 aromatic carbocycles. The van der Waals surface area contributed by atoms with E-state index in [9.17, 15) is 4.79 Å². The van der Waals surface area contributed by atoms with Crippen LogP contribution < -0.4 is 4.90 Å². The highest BCUT2D eigenvalue weighted by atomic mass is 16.1. The Hall–Kier alpha value is -2.94. The molecule has 112 valence electrons. The largest absolute Gasteiger partial charge is 0.290 e. The fourth-order valence-corrected chi connectivity index (χ4v) is 3.16. The summed E-state index contributed by atoms with van der Waals surface area (Å²) in [5, 5.41) is 2.39. The van der Waals surface area contributed by atoms with Gasteiger partial charge in [-0.1, -0.05) is 54.6 Å². The van der Waals surface area contributed by atoms with Gasteiger partial charge in [-0.05, 0) is 17.5 Å². The van der Waals surface area contributed by atoms with Crippen LogP contribution in [0.1, 0.15) is 10.4 Å². The maximum absolute atomic E-state index is 12.6. The average Bonchev–Trinajstić information content (AvgIpc) is 2.60. The molecule has 0 fully saturated rings. The second-order valence-corrected chi connectivity index (χ2v) is 5.80. The Labute approximate surface area is 135 Å². The molecule has 0 atom stereocenters. The van der Waals surface area contributed by atoms with Gasteiger partial charge < -0.3 is 0 Å². The maximum atomic E-state index is 12.6. The van der Waals surface area contributed by atoms with Crippen molar-refractivity contribution in [1.82, 2.24) is 0 Å². The molecule has 0 unspecified atom stereocenters. The maximum Gasteiger partial charge on any atom is 0.244 e. The molecule has 3 aromatic rings. The van der Waals surface area contributed by atoms with Gasteiger partial charge in [-0.3, -0.25) is 4.79 Å². The van der Waals surface area contributed by atoms with Crippen molar-refractivity contribution >= 4 is 34.3 Å². The highest BCUT2D eigenvalue weighted by Crippen LogP contribution is 2.36. The number of benzene rings is 3. The zero-order valence-corrected chi connectivity index (χ0v) is 12.9. The van der Waals surface area contributed by atoms with Crippen LogP contribution in [0.25, 0.3) is 10.8 Å². The highest BCUT2D eigenvalue weighted by Gasteiger charge is 2.26.